The molecule has 4 rings (SSSR count). The molecule has 10 heteroatoms. The van der Waals surface area contributed by atoms with Gasteiger partial charge in [-0.25, -0.2) is 13.2 Å². The van der Waals surface area contributed by atoms with E-state index in [1.807, 2.05) is 30.3 Å². The fourth-order valence-electron chi connectivity index (χ4n) is 3.30. The first-order chi connectivity index (χ1) is 14.9. The molecule has 0 N–H and O–H groups in total. The molecule has 1 aromatic heterocycles. The summed E-state index contributed by atoms with van der Waals surface area (Å²) in [5.41, 5.74) is 0.727. The monoisotopic (exact) mass is 461 g/mol. The van der Waals surface area contributed by atoms with Gasteiger partial charge in [-0.1, -0.05) is 53.5 Å². The minimum absolute atomic E-state index is 0.00917. The summed E-state index contributed by atoms with van der Waals surface area (Å²) in [5, 5.41) is 3.96. The number of rotatable bonds is 6. The van der Waals surface area contributed by atoms with E-state index >= 15 is 0 Å². The third-order valence-corrected chi connectivity index (χ3v) is 7.16. The van der Waals surface area contributed by atoms with E-state index in [-0.39, 0.29) is 28.0 Å². The molecule has 0 unspecified atom stereocenters. The summed E-state index contributed by atoms with van der Waals surface area (Å²) in [5.74, 6) is -0.292. The van der Waals surface area contributed by atoms with Crippen LogP contribution >= 0.6 is 11.6 Å². The summed E-state index contributed by atoms with van der Waals surface area (Å²) in [6.07, 6.45) is 2.64. The van der Waals surface area contributed by atoms with E-state index in [2.05, 4.69) is 10.1 Å². The molecule has 0 spiro atoms. The largest absolute Gasteiger partial charge is 0.452 e. The van der Waals surface area contributed by atoms with Crippen molar-refractivity contribution in [1.82, 2.24) is 14.4 Å². The summed E-state index contributed by atoms with van der Waals surface area (Å²) in [6.45, 7) is 0.662. The Morgan fingerprint density at radius 2 is 1.84 bits per heavy atom. The fraction of sp³-hybridized carbons (Fsp3) is 0.286. The second-order valence-electron chi connectivity index (χ2n) is 7.06. The van der Waals surface area contributed by atoms with E-state index in [4.69, 9.17) is 20.9 Å². The van der Waals surface area contributed by atoms with Gasteiger partial charge in [0.05, 0.1) is 15.5 Å². The number of aromatic nitrogens is 2. The van der Waals surface area contributed by atoms with Crippen LogP contribution in [0.25, 0.3) is 11.4 Å². The molecule has 1 aliphatic heterocycles. The molecule has 1 saturated heterocycles. The predicted octanol–water partition coefficient (Wildman–Crippen LogP) is 3.92. The Labute approximate surface area is 184 Å². The van der Waals surface area contributed by atoms with Crippen molar-refractivity contribution in [3.05, 3.63) is 65.0 Å². The Bertz CT molecular complexity index is 1170. The van der Waals surface area contributed by atoms with Crippen molar-refractivity contribution in [2.75, 3.05) is 13.1 Å². The first-order valence-corrected chi connectivity index (χ1v) is 11.6. The Morgan fingerprint density at radius 1 is 1.10 bits per heavy atom. The molecule has 0 atom stereocenters. The van der Waals surface area contributed by atoms with Crippen LogP contribution in [-0.4, -0.2) is 41.9 Å². The van der Waals surface area contributed by atoms with Crippen molar-refractivity contribution < 1.29 is 22.5 Å². The van der Waals surface area contributed by atoms with E-state index in [1.165, 1.54) is 22.5 Å². The Hall–Kier alpha value is -2.75. The highest BCUT2D eigenvalue weighted by atomic mass is 35.5. The number of piperidine rings is 1. The van der Waals surface area contributed by atoms with Crippen LogP contribution in [0.3, 0.4) is 0 Å². The van der Waals surface area contributed by atoms with Gasteiger partial charge in [0.1, 0.15) is 0 Å². The van der Waals surface area contributed by atoms with Gasteiger partial charge in [0.25, 0.3) is 5.89 Å². The molecule has 0 amide bonds. The molecule has 2 aromatic carbocycles. The quantitative estimate of drug-likeness (QED) is 0.512. The number of hydrogen-bond acceptors (Lipinski definition) is 7. The van der Waals surface area contributed by atoms with Crippen molar-refractivity contribution in [2.24, 2.45) is 0 Å². The first-order valence-electron chi connectivity index (χ1n) is 9.80. The molecule has 1 fully saturated rings. The van der Waals surface area contributed by atoms with Crippen LogP contribution in [0.1, 0.15) is 35.5 Å². The van der Waals surface area contributed by atoms with Crippen molar-refractivity contribution in [2.45, 2.75) is 30.8 Å². The number of hydrogen-bond donors (Lipinski definition) is 0. The van der Waals surface area contributed by atoms with Crippen LogP contribution in [0.4, 0.5) is 0 Å². The standard InChI is InChI=1S/C21H20ClN3O5S/c22-18-10-9-16(31(27,28)25-11-5-2-6-12-25)13-17(18)21(26)29-14-19-23-20(24-30-19)15-7-3-1-4-8-15/h1,3-4,7-10,13H,2,5-6,11-12,14H2. The lowest BCUT2D eigenvalue weighted by atomic mass is 10.2. The number of sulfonamides is 1. The Morgan fingerprint density at radius 3 is 2.58 bits per heavy atom. The maximum Gasteiger partial charge on any atom is 0.340 e. The lowest BCUT2D eigenvalue weighted by Gasteiger charge is -2.26. The average molecular weight is 462 g/mol. The second-order valence-corrected chi connectivity index (χ2v) is 9.41. The molecule has 0 aliphatic carbocycles. The van der Waals surface area contributed by atoms with E-state index in [0.29, 0.717) is 18.9 Å². The molecule has 31 heavy (non-hydrogen) atoms. The van der Waals surface area contributed by atoms with Gasteiger partial charge >= 0.3 is 5.97 Å². The van der Waals surface area contributed by atoms with E-state index in [9.17, 15) is 13.2 Å². The SMILES string of the molecule is O=C(OCc1nc(-c2ccccc2)no1)c1cc(S(=O)(=O)N2CCCCC2)ccc1Cl. The van der Waals surface area contributed by atoms with E-state index in [0.717, 1.165) is 24.8 Å². The van der Waals surface area contributed by atoms with Crippen molar-refractivity contribution in [3.8, 4) is 11.4 Å². The number of esters is 1. The van der Waals surface area contributed by atoms with Gasteiger partial charge in [-0.05, 0) is 31.0 Å². The molecule has 3 aromatic rings. The number of carbonyl (C=O) groups is 1. The maximum atomic E-state index is 12.9. The van der Waals surface area contributed by atoms with E-state index in [1.54, 1.807) is 0 Å². The highest BCUT2D eigenvalue weighted by Gasteiger charge is 2.27. The zero-order valence-electron chi connectivity index (χ0n) is 16.5. The lowest BCUT2D eigenvalue weighted by molar-refractivity contribution is 0.0429. The highest BCUT2D eigenvalue weighted by Crippen LogP contribution is 2.26. The number of carbonyl (C=O) groups excluding carboxylic acids is 1. The van der Waals surface area contributed by atoms with Crippen LogP contribution < -0.4 is 0 Å². The normalized spacial score (nSPS) is 15.0. The molecule has 2 heterocycles. The molecule has 8 nitrogen and oxygen atoms in total. The van der Waals surface area contributed by atoms with Gasteiger partial charge in [0, 0.05) is 18.7 Å². The van der Waals surface area contributed by atoms with Gasteiger partial charge in [-0.3, -0.25) is 0 Å². The number of nitrogens with zero attached hydrogens (tertiary/aromatic N) is 3. The third-order valence-electron chi connectivity index (χ3n) is 4.94. The van der Waals surface area contributed by atoms with Crippen LogP contribution in [0.15, 0.2) is 57.9 Å². The molecule has 162 valence electrons. The molecule has 1 aliphatic rings. The molecule has 0 saturated carbocycles. The maximum absolute atomic E-state index is 12.9. The molecule has 0 radical (unpaired) electrons. The molecule has 0 bridgehead atoms. The fourth-order valence-corrected chi connectivity index (χ4v) is 5.04. The van der Waals surface area contributed by atoms with Crippen LogP contribution in [-0.2, 0) is 21.4 Å². The van der Waals surface area contributed by atoms with Gasteiger partial charge < -0.3 is 9.26 Å². The van der Waals surface area contributed by atoms with Crippen LogP contribution in [0.5, 0.6) is 0 Å². The van der Waals surface area contributed by atoms with Gasteiger partial charge in [0.15, 0.2) is 6.61 Å². The summed E-state index contributed by atoms with van der Waals surface area (Å²) >= 11 is 6.13. The van der Waals surface area contributed by atoms with Crippen LogP contribution in [0.2, 0.25) is 5.02 Å². The first kappa shape index (κ1) is 21.5. The van der Waals surface area contributed by atoms with Crippen molar-refractivity contribution >= 4 is 27.6 Å². The minimum Gasteiger partial charge on any atom is -0.452 e. The topological polar surface area (TPSA) is 103 Å². The summed E-state index contributed by atoms with van der Waals surface area (Å²) in [6, 6.07) is 13.2. The van der Waals surface area contributed by atoms with Crippen LogP contribution in [0, 0.1) is 0 Å². The van der Waals surface area contributed by atoms with Crippen molar-refractivity contribution in [1.29, 1.82) is 0 Å². The van der Waals surface area contributed by atoms with Gasteiger partial charge in [0.2, 0.25) is 15.8 Å². The Kier molecular flexibility index (Phi) is 6.35. The summed E-state index contributed by atoms with van der Waals surface area (Å²) in [4.78, 5) is 16.8. The smallest absolute Gasteiger partial charge is 0.340 e. The van der Waals surface area contributed by atoms with E-state index < -0.39 is 16.0 Å². The van der Waals surface area contributed by atoms with Gasteiger partial charge in [-0.2, -0.15) is 9.29 Å². The number of halogens is 1. The number of ether oxygens (including phenoxy) is 1. The minimum atomic E-state index is -3.70. The van der Waals surface area contributed by atoms with Gasteiger partial charge in [-0.15, -0.1) is 0 Å². The van der Waals surface area contributed by atoms with Crippen molar-refractivity contribution in [3.63, 3.8) is 0 Å². The molecular weight excluding hydrogens is 442 g/mol. The Balaban J connectivity index is 1.47. The summed E-state index contributed by atoms with van der Waals surface area (Å²) < 4.78 is 37.6. The highest BCUT2D eigenvalue weighted by molar-refractivity contribution is 7.89. The second kappa shape index (κ2) is 9.17. The third kappa shape index (κ3) is 4.79. The lowest BCUT2D eigenvalue weighted by Crippen LogP contribution is -2.35. The predicted molar refractivity (Wildman–Crippen MR) is 113 cm³/mol. The zero-order chi connectivity index (χ0) is 21.8. The summed E-state index contributed by atoms with van der Waals surface area (Å²) in [7, 11) is -3.70. The average Bonchev–Trinajstić information content (AvgIpc) is 3.28. The number of benzene rings is 2. The molecular formula is C21H20ClN3O5S. The zero-order valence-corrected chi connectivity index (χ0v) is 18.1.